The summed E-state index contributed by atoms with van der Waals surface area (Å²) in [6, 6.07) is 9.44. The van der Waals surface area contributed by atoms with Crippen molar-refractivity contribution in [2.45, 2.75) is 83.3 Å². The molecule has 0 radical (unpaired) electrons. The van der Waals surface area contributed by atoms with Crippen LogP contribution in [0, 0.1) is 29.1 Å². The Balaban J connectivity index is 1.95. The lowest BCUT2D eigenvalue weighted by Gasteiger charge is -2.57. The highest BCUT2D eigenvalue weighted by Gasteiger charge is 2.72. The van der Waals surface area contributed by atoms with Gasteiger partial charge >= 0.3 is 5.97 Å². The SMILES string of the molecule is CC(=O)OC1/C=C/C(C)(O)CC(C)C/C=C/C2C(O)C(C)(O)C(C)C3C(Cc4ccccc4)NC(=O)C123. The van der Waals surface area contributed by atoms with E-state index in [2.05, 4.69) is 5.32 Å². The molecule has 1 amide bonds. The van der Waals surface area contributed by atoms with Crippen molar-refractivity contribution >= 4 is 11.9 Å². The highest BCUT2D eigenvalue weighted by Crippen LogP contribution is 2.60. The number of carbonyl (C=O) groups is 2. The second-order valence-corrected chi connectivity index (χ2v) is 11.9. The quantitative estimate of drug-likeness (QED) is 0.366. The molecule has 1 spiro atoms. The second-order valence-electron chi connectivity index (χ2n) is 11.9. The van der Waals surface area contributed by atoms with Crippen molar-refractivity contribution in [2.75, 3.05) is 0 Å². The summed E-state index contributed by atoms with van der Waals surface area (Å²) in [7, 11) is 0. The van der Waals surface area contributed by atoms with E-state index in [4.69, 9.17) is 4.74 Å². The van der Waals surface area contributed by atoms with Crippen LogP contribution < -0.4 is 5.32 Å². The van der Waals surface area contributed by atoms with E-state index in [1.807, 2.05) is 56.3 Å². The minimum atomic E-state index is -1.49. The van der Waals surface area contributed by atoms with Gasteiger partial charge in [0.15, 0.2) is 0 Å². The first-order chi connectivity index (χ1) is 17.3. The first kappa shape index (κ1) is 27.6. The van der Waals surface area contributed by atoms with Crippen LogP contribution in [0.15, 0.2) is 54.6 Å². The van der Waals surface area contributed by atoms with Gasteiger partial charge in [0.2, 0.25) is 5.91 Å². The molecule has 1 aromatic carbocycles. The summed E-state index contributed by atoms with van der Waals surface area (Å²) < 4.78 is 5.87. The van der Waals surface area contributed by atoms with E-state index in [0.29, 0.717) is 19.3 Å². The van der Waals surface area contributed by atoms with Gasteiger partial charge in [0.25, 0.3) is 0 Å². The Bertz CT molecular complexity index is 1060. The zero-order valence-electron chi connectivity index (χ0n) is 22.4. The monoisotopic (exact) mass is 511 g/mol. The Morgan fingerprint density at radius 1 is 1.14 bits per heavy atom. The standard InChI is InChI=1S/C30H41NO6/c1-18-10-9-13-22-26(33)29(5,36)19(2)25-23(16-21-11-7-6-8-12-21)31-27(34)30(22,25)24(37-20(3)32)14-15-28(4,35)17-18/h6-9,11-15,18-19,22-26,33,35-36H,10,16-17H2,1-5H3,(H,31,34)/b13-9+,15-14+. The number of hydrogen-bond donors (Lipinski definition) is 4. The van der Waals surface area contributed by atoms with Crippen LogP contribution in [0.5, 0.6) is 0 Å². The van der Waals surface area contributed by atoms with Gasteiger partial charge in [-0.05, 0) is 56.6 Å². The molecule has 2 fully saturated rings. The van der Waals surface area contributed by atoms with Gasteiger partial charge in [0.1, 0.15) is 11.5 Å². The maximum atomic E-state index is 14.2. The van der Waals surface area contributed by atoms with Crippen LogP contribution in [-0.2, 0) is 20.7 Å². The van der Waals surface area contributed by atoms with Crippen molar-refractivity contribution < 1.29 is 29.6 Å². The van der Waals surface area contributed by atoms with Gasteiger partial charge in [-0.25, -0.2) is 0 Å². The Morgan fingerprint density at radius 2 is 1.81 bits per heavy atom. The van der Waals surface area contributed by atoms with E-state index >= 15 is 0 Å². The van der Waals surface area contributed by atoms with E-state index in [9.17, 15) is 24.9 Å². The third kappa shape index (κ3) is 4.89. The van der Waals surface area contributed by atoms with Gasteiger partial charge < -0.3 is 25.4 Å². The van der Waals surface area contributed by atoms with Crippen LogP contribution in [0.2, 0.25) is 0 Å². The van der Waals surface area contributed by atoms with Crippen molar-refractivity contribution in [3.05, 3.63) is 60.2 Å². The second kappa shape index (κ2) is 10.0. The Labute approximate surface area is 219 Å². The van der Waals surface area contributed by atoms with Gasteiger partial charge in [0.05, 0.1) is 17.3 Å². The summed E-state index contributed by atoms with van der Waals surface area (Å²) in [5.74, 6) is -2.59. The Kier molecular flexibility index (Phi) is 7.45. The van der Waals surface area contributed by atoms with Gasteiger partial charge in [-0.2, -0.15) is 0 Å². The number of nitrogens with one attached hydrogen (secondary N) is 1. The van der Waals surface area contributed by atoms with Crippen LogP contribution in [0.3, 0.4) is 0 Å². The third-order valence-corrected chi connectivity index (χ3v) is 8.98. The molecule has 2 aliphatic carbocycles. The van der Waals surface area contributed by atoms with Gasteiger partial charge in [-0.1, -0.05) is 62.4 Å². The minimum Gasteiger partial charge on any atom is -0.457 e. The summed E-state index contributed by atoms with van der Waals surface area (Å²) in [5, 5.41) is 37.5. The molecule has 0 aromatic heterocycles. The number of rotatable bonds is 3. The average Bonchev–Trinajstić information content (AvgIpc) is 3.08. The lowest BCUT2D eigenvalue weighted by atomic mass is 9.48. The average molecular weight is 512 g/mol. The fourth-order valence-corrected chi connectivity index (χ4v) is 7.16. The lowest BCUT2D eigenvalue weighted by Crippen LogP contribution is -2.68. The van der Waals surface area contributed by atoms with Crippen LogP contribution in [0.1, 0.15) is 53.0 Å². The molecule has 1 saturated carbocycles. The molecular weight excluding hydrogens is 470 g/mol. The first-order valence-corrected chi connectivity index (χ1v) is 13.3. The number of allylic oxidation sites excluding steroid dienone is 1. The van der Waals surface area contributed by atoms with Gasteiger partial charge in [-0.3, -0.25) is 9.59 Å². The third-order valence-electron chi connectivity index (χ3n) is 8.98. The fourth-order valence-electron chi connectivity index (χ4n) is 7.16. The van der Waals surface area contributed by atoms with Crippen LogP contribution in [-0.4, -0.2) is 56.6 Å². The van der Waals surface area contributed by atoms with E-state index in [1.165, 1.54) is 6.92 Å². The number of carbonyl (C=O) groups excluding carboxylic acids is 2. The van der Waals surface area contributed by atoms with E-state index in [-0.39, 0.29) is 17.9 Å². The number of esters is 1. The number of amides is 1. The summed E-state index contributed by atoms with van der Waals surface area (Å²) in [6.45, 7) is 8.50. The summed E-state index contributed by atoms with van der Waals surface area (Å²) in [6.07, 6.45) is 6.27. The smallest absolute Gasteiger partial charge is 0.303 e. The van der Waals surface area contributed by atoms with Crippen molar-refractivity contribution in [1.82, 2.24) is 5.32 Å². The Morgan fingerprint density at radius 3 is 2.46 bits per heavy atom. The molecule has 1 aromatic rings. The zero-order valence-corrected chi connectivity index (χ0v) is 22.4. The maximum absolute atomic E-state index is 14.2. The summed E-state index contributed by atoms with van der Waals surface area (Å²) >= 11 is 0. The number of ether oxygens (including phenoxy) is 1. The van der Waals surface area contributed by atoms with E-state index in [0.717, 1.165) is 5.56 Å². The van der Waals surface area contributed by atoms with Crippen molar-refractivity contribution in [1.29, 1.82) is 0 Å². The molecule has 3 aliphatic rings. The highest BCUT2D eigenvalue weighted by molar-refractivity contribution is 5.89. The normalized spacial score (nSPS) is 45.5. The minimum absolute atomic E-state index is 0.122. The van der Waals surface area contributed by atoms with E-state index in [1.54, 1.807) is 26.0 Å². The lowest BCUT2D eigenvalue weighted by molar-refractivity contribution is -0.217. The molecule has 1 aliphatic heterocycles. The topological polar surface area (TPSA) is 116 Å². The van der Waals surface area contributed by atoms with Gasteiger partial charge in [0, 0.05) is 24.8 Å². The predicted molar refractivity (Wildman–Crippen MR) is 140 cm³/mol. The first-order valence-electron chi connectivity index (χ1n) is 13.3. The maximum Gasteiger partial charge on any atom is 0.303 e. The molecule has 0 bridgehead atoms. The molecule has 4 rings (SSSR count). The molecule has 10 atom stereocenters. The molecule has 4 N–H and O–H groups in total. The van der Waals surface area contributed by atoms with Gasteiger partial charge in [-0.15, -0.1) is 0 Å². The predicted octanol–water partition coefficient (Wildman–Crippen LogP) is 2.93. The zero-order chi connectivity index (χ0) is 27.2. The van der Waals surface area contributed by atoms with Crippen molar-refractivity contribution in [2.24, 2.45) is 29.1 Å². The van der Waals surface area contributed by atoms with Crippen LogP contribution in [0.25, 0.3) is 0 Å². The molecule has 202 valence electrons. The molecule has 1 heterocycles. The number of hydrogen-bond acceptors (Lipinski definition) is 6. The fraction of sp³-hybridized carbons (Fsp3) is 0.600. The van der Waals surface area contributed by atoms with Crippen LogP contribution in [0.4, 0.5) is 0 Å². The van der Waals surface area contributed by atoms with E-state index < -0.39 is 52.5 Å². The summed E-state index contributed by atoms with van der Waals surface area (Å²) in [5.41, 5.74) is -3.03. The van der Waals surface area contributed by atoms with Crippen molar-refractivity contribution in [3.8, 4) is 0 Å². The molecule has 37 heavy (non-hydrogen) atoms. The number of benzene rings is 1. The number of aliphatic hydroxyl groups is 3. The summed E-state index contributed by atoms with van der Waals surface area (Å²) in [4.78, 5) is 26.6. The van der Waals surface area contributed by atoms with Crippen LogP contribution >= 0.6 is 0 Å². The Hall–Kier alpha value is -2.48. The molecular formula is C30H41NO6. The molecule has 10 unspecified atom stereocenters. The largest absolute Gasteiger partial charge is 0.457 e. The highest BCUT2D eigenvalue weighted by atomic mass is 16.5. The molecule has 7 nitrogen and oxygen atoms in total. The van der Waals surface area contributed by atoms with Crippen molar-refractivity contribution in [3.63, 3.8) is 0 Å². The molecule has 7 heteroatoms. The number of aliphatic hydroxyl groups excluding tert-OH is 1. The molecule has 1 saturated heterocycles.